The number of carbonyl (C=O) groups excluding carboxylic acids is 2. The van der Waals surface area contributed by atoms with Crippen LogP contribution in [0.25, 0.3) is 0 Å². The number of fused-ring (bicyclic) bond motifs is 1. The van der Waals surface area contributed by atoms with Crippen molar-refractivity contribution in [2.24, 2.45) is 13.0 Å². The van der Waals surface area contributed by atoms with Gasteiger partial charge in [0, 0.05) is 13.2 Å². The minimum absolute atomic E-state index is 0.0765. The topological polar surface area (TPSA) is 51.3 Å². The van der Waals surface area contributed by atoms with Crippen LogP contribution in [0.5, 0.6) is 0 Å². The van der Waals surface area contributed by atoms with E-state index in [1.54, 1.807) is 17.8 Å². The number of carbonyl (C=O) groups is 2. The third-order valence-electron chi connectivity index (χ3n) is 3.45. The van der Waals surface area contributed by atoms with Crippen LogP contribution in [-0.2, 0) is 18.2 Å². The highest BCUT2D eigenvalue weighted by Crippen LogP contribution is 2.29. The lowest BCUT2D eigenvalue weighted by Crippen LogP contribution is -2.28. The first-order valence-corrected chi connectivity index (χ1v) is 6.27. The number of methoxy groups -OCH3 is 1. The summed E-state index contributed by atoms with van der Waals surface area (Å²) in [4.78, 5) is 24.2. The van der Waals surface area contributed by atoms with Crippen molar-refractivity contribution in [2.45, 2.75) is 12.8 Å². The van der Waals surface area contributed by atoms with Gasteiger partial charge in [0.05, 0.1) is 18.4 Å². The van der Waals surface area contributed by atoms with Crippen LogP contribution in [-0.4, -0.2) is 48.3 Å². The zero-order chi connectivity index (χ0) is 14.2. The molecule has 1 heterocycles. The van der Waals surface area contributed by atoms with Crippen molar-refractivity contribution in [1.82, 2.24) is 4.57 Å². The molecule has 102 valence electrons. The number of aromatic nitrogens is 1. The lowest BCUT2D eigenvalue weighted by molar-refractivity contribution is -0.461. The molecule has 0 fully saturated rings. The minimum atomic E-state index is -0.375. The SMILES string of the molecule is COC(=O)c1cn(C)c2c1CCC(C=[N+](C)C)C2=O. The smallest absolute Gasteiger partial charge is 0.339 e. The molecule has 1 atom stereocenters. The van der Waals surface area contributed by atoms with E-state index in [2.05, 4.69) is 0 Å². The highest BCUT2D eigenvalue weighted by atomic mass is 16.5. The summed E-state index contributed by atoms with van der Waals surface area (Å²) < 4.78 is 8.40. The zero-order valence-corrected chi connectivity index (χ0v) is 11.8. The monoisotopic (exact) mass is 263 g/mol. The Balaban J connectivity index is 2.46. The average Bonchev–Trinajstić information content (AvgIpc) is 2.69. The van der Waals surface area contributed by atoms with E-state index in [1.165, 1.54) is 7.11 Å². The van der Waals surface area contributed by atoms with Crippen LogP contribution >= 0.6 is 0 Å². The summed E-state index contributed by atoms with van der Waals surface area (Å²) in [7, 11) is 6.97. The second-order valence-corrected chi connectivity index (χ2v) is 5.09. The Morgan fingerprint density at radius 1 is 1.53 bits per heavy atom. The van der Waals surface area contributed by atoms with Gasteiger partial charge in [0.2, 0.25) is 0 Å². The Kier molecular flexibility index (Phi) is 3.55. The summed E-state index contributed by atoms with van der Waals surface area (Å²) in [6.45, 7) is 0. The fourth-order valence-corrected chi connectivity index (χ4v) is 2.65. The Labute approximate surface area is 112 Å². The summed E-state index contributed by atoms with van der Waals surface area (Å²) in [5.41, 5.74) is 1.97. The lowest BCUT2D eigenvalue weighted by Gasteiger charge is -2.18. The van der Waals surface area contributed by atoms with Gasteiger partial charge in [0.15, 0.2) is 5.78 Å². The van der Waals surface area contributed by atoms with Gasteiger partial charge in [-0.3, -0.25) is 4.79 Å². The van der Waals surface area contributed by atoms with E-state index in [9.17, 15) is 9.59 Å². The van der Waals surface area contributed by atoms with E-state index in [4.69, 9.17) is 4.74 Å². The fraction of sp³-hybridized carbons (Fsp3) is 0.500. The van der Waals surface area contributed by atoms with Crippen molar-refractivity contribution in [1.29, 1.82) is 0 Å². The molecule has 0 aromatic carbocycles. The van der Waals surface area contributed by atoms with E-state index in [1.807, 2.05) is 24.9 Å². The Morgan fingerprint density at radius 2 is 2.21 bits per heavy atom. The molecule has 1 aliphatic carbocycles. The van der Waals surface area contributed by atoms with E-state index >= 15 is 0 Å². The number of ketones is 1. The van der Waals surface area contributed by atoms with Crippen LogP contribution in [0.3, 0.4) is 0 Å². The Morgan fingerprint density at radius 3 is 2.79 bits per heavy atom. The molecule has 5 nitrogen and oxygen atoms in total. The maximum atomic E-state index is 12.5. The first kappa shape index (κ1) is 13.5. The molecule has 0 bridgehead atoms. The maximum Gasteiger partial charge on any atom is 0.339 e. The molecular formula is C14H19N2O3+. The molecule has 0 amide bonds. The minimum Gasteiger partial charge on any atom is -0.465 e. The quantitative estimate of drug-likeness (QED) is 0.452. The van der Waals surface area contributed by atoms with Crippen molar-refractivity contribution in [3.63, 3.8) is 0 Å². The van der Waals surface area contributed by atoms with Gasteiger partial charge >= 0.3 is 5.97 Å². The van der Waals surface area contributed by atoms with Gasteiger partial charge in [-0.2, -0.15) is 0 Å². The first-order chi connectivity index (χ1) is 8.95. The van der Waals surface area contributed by atoms with Crippen LogP contribution < -0.4 is 0 Å². The van der Waals surface area contributed by atoms with Crippen LogP contribution in [0.4, 0.5) is 0 Å². The number of esters is 1. The third kappa shape index (κ3) is 2.32. The molecule has 0 N–H and O–H groups in total. The van der Waals surface area contributed by atoms with Gasteiger partial charge < -0.3 is 9.30 Å². The lowest BCUT2D eigenvalue weighted by atomic mass is 9.86. The first-order valence-electron chi connectivity index (χ1n) is 6.27. The molecule has 1 aromatic rings. The second kappa shape index (κ2) is 4.99. The predicted molar refractivity (Wildman–Crippen MR) is 71.1 cm³/mol. The fourth-order valence-electron chi connectivity index (χ4n) is 2.65. The summed E-state index contributed by atoms with van der Waals surface area (Å²) in [5.74, 6) is -0.408. The molecule has 0 aliphatic heterocycles. The van der Waals surface area contributed by atoms with Crippen molar-refractivity contribution >= 4 is 18.0 Å². The largest absolute Gasteiger partial charge is 0.465 e. The normalized spacial score (nSPS) is 17.9. The maximum absolute atomic E-state index is 12.5. The van der Waals surface area contributed by atoms with Crippen LogP contribution in [0.2, 0.25) is 0 Å². The van der Waals surface area contributed by atoms with Crippen molar-refractivity contribution < 1.29 is 18.9 Å². The standard InChI is InChI=1S/C14H19N2O3/c1-15(2)7-9-5-6-10-11(14(18)19-4)8-16(3)12(10)13(9)17/h7-9H,5-6H2,1-4H3/q+1. The molecule has 0 saturated heterocycles. The number of aryl methyl sites for hydroxylation is 1. The van der Waals surface area contributed by atoms with E-state index in [0.717, 1.165) is 18.4 Å². The third-order valence-corrected chi connectivity index (χ3v) is 3.45. The number of Topliss-reactive ketones (excluding diaryl/α,β-unsaturated/α-hetero) is 1. The van der Waals surface area contributed by atoms with Crippen molar-refractivity contribution in [3.05, 3.63) is 23.0 Å². The number of ether oxygens (including phenoxy) is 1. The van der Waals surface area contributed by atoms with Crippen LogP contribution in [0.15, 0.2) is 6.20 Å². The molecule has 1 aliphatic rings. The van der Waals surface area contributed by atoms with Gasteiger partial charge in [0.25, 0.3) is 0 Å². The Hall–Kier alpha value is -1.91. The van der Waals surface area contributed by atoms with Crippen molar-refractivity contribution in [2.75, 3.05) is 21.2 Å². The molecular weight excluding hydrogens is 244 g/mol. The second-order valence-electron chi connectivity index (χ2n) is 5.09. The molecule has 5 heteroatoms. The molecule has 1 unspecified atom stereocenters. The molecule has 2 rings (SSSR count). The molecule has 0 spiro atoms. The van der Waals surface area contributed by atoms with E-state index in [0.29, 0.717) is 11.3 Å². The number of hydrogen-bond donors (Lipinski definition) is 0. The molecule has 19 heavy (non-hydrogen) atoms. The number of nitrogens with zero attached hydrogens (tertiary/aromatic N) is 2. The highest BCUT2D eigenvalue weighted by molar-refractivity contribution is 6.08. The summed E-state index contributed by atoms with van der Waals surface area (Å²) in [6.07, 6.45) is 5.07. The molecule has 1 aromatic heterocycles. The van der Waals surface area contributed by atoms with Gasteiger partial charge in [-0.25, -0.2) is 9.37 Å². The van der Waals surface area contributed by atoms with Gasteiger partial charge in [0.1, 0.15) is 26.2 Å². The van der Waals surface area contributed by atoms with Crippen LogP contribution in [0.1, 0.15) is 32.8 Å². The average molecular weight is 263 g/mol. The zero-order valence-electron chi connectivity index (χ0n) is 11.8. The summed E-state index contributed by atoms with van der Waals surface area (Å²) in [6, 6.07) is 0. The van der Waals surface area contributed by atoms with E-state index < -0.39 is 0 Å². The Bertz CT molecular complexity index is 565. The summed E-state index contributed by atoms with van der Waals surface area (Å²) in [5, 5.41) is 0. The van der Waals surface area contributed by atoms with Gasteiger partial charge in [-0.1, -0.05) is 0 Å². The summed E-state index contributed by atoms with van der Waals surface area (Å²) >= 11 is 0. The van der Waals surface area contributed by atoms with Gasteiger partial charge in [-0.05, 0) is 18.4 Å². The molecule has 0 saturated carbocycles. The van der Waals surface area contributed by atoms with Crippen molar-refractivity contribution in [3.8, 4) is 0 Å². The number of hydrogen-bond acceptors (Lipinski definition) is 3. The molecule has 0 radical (unpaired) electrons. The highest BCUT2D eigenvalue weighted by Gasteiger charge is 2.34. The predicted octanol–water partition coefficient (Wildman–Crippen LogP) is 0.900. The van der Waals surface area contributed by atoms with E-state index in [-0.39, 0.29) is 17.7 Å². The van der Waals surface area contributed by atoms with Gasteiger partial charge in [-0.15, -0.1) is 0 Å². The van der Waals surface area contributed by atoms with Crippen LogP contribution in [0, 0.1) is 5.92 Å². The number of rotatable bonds is 2.